The monoisotopic (exact) mass is 259 g/mol. The normalized spacial score (nSPS) is 10.3. The third-order valence-electron chi connectivity index (χ3n) is 2.54. The highest BCUT2D eigenvalue weighted by Crippen LogP contribution is 2.25. The minimum Gasteiger partial charge on any atom is -0.258 e. The first-order valence-electron chi connectivity index (χ1n) is 5.58. The Bertz CT molecular complexity index is 552. The summed E-state index contributed by atoms with van der Waals surface area (Å²) in [5.41, 5.74) is 2.64. The van der Waals surface area contributed by atoms with E-state index in [-0.39, 0.29) is 10.6 Å². The fourth-order valence-corrected chi connectivity index (χ4v) is 2.47. The zero-order valence-corrected chi connectivity index (χ0v) is 10.8. The average molecular weight is 259 g/mol. The Morgan fingerprint density at radius 3 is 2.50 bits per heavy atom. The number of nitro groups is 1. The van der Waals surface area contributed by atoms with Crippen LogP contribution in [0.1, 0.15) is 11.1 Å². The van der Waals surface area contributed by atoms with Gasteiger partial charge >= 0.3 is 0 Å². The van der Waals surface area contributed by atoms with Gasteiger partial charge in [-0.25, -0.2) is 0 Å². The van der Waals surface area contributed by atoms with Crippen molar-refractivity contribution < 1.29 is 4.92 Å². The number of nitrogens with zero attached hydrogens (tertiary/aromatic N) is 1. The number of nitro benzene ring substituents is 1. The summed E-state index contributed by atoms with van der Waals surface area (Å²) in [5.74, 6) is 0.874. The number of hydrogen-bond acceptors (Lipinski definition) is 3. The van der Waals surface area contributed by atoms with Crippen LogP contribution in [0, 0.1) is 17.0 Å². The lowest BCUT2D eigenvalue weighted by molar-refractivity contribution is -0.384. The van der Waals surface area contributed by atoms with Gasteiger partial charge in [-0.05, 0) is 24.6 Å². The second-order valence-electron chi connectivity index (χ2n) is 4.03. The first-order chi connectivity index (χ1) is 8.65. The van der Waals surface area contributed by atoms with Crippen LogP contribution >= 0.6 is 11.8 Å². The van der Waals surface area contributed by atoms with Gasteiger partial charge in [-0.3, -0.25) is 10.1 Å². The van der Waals surface area contributed by atoms with E-state index in [9.17, 15) is 10.1 Å². The summed E-state index contributed by atoms with van der Waals surface area (Å²) >= 11 is 1.68. The van der Waals surface area contributed by atoms with E-state index in [1.807, 2.05) is 6.07 Å². The van der Waals surface area contributed by atoms with E-state index >= 15 is 0 Å². The van der Waals surface area contributed by atoms with Crippen LogP contribution in [0.5, 0.6) is 0 Å². The first kappa shape index (κ1) is 12.6. The highest BCUT2D eigenvalue weighted by molar-refractivity contribution is 7.98. The Labute approximate surface area is 110 Å². The van der Waals surface area contributed by atoms with Gasteiger partial charge in [0.05, 0.1) is 4.92 Å². The topological polar surface area (TPSA) is 43.1 Å². The Balaban J connectivity index is 2.00. The molecule has 4 heteroatoms. The molecule has 2 aromatic carbocycles. The highest BCUT2D eigenvalue weighted by atomic mass is 32.2. The smallest absolute Gasteiger partial charge is 0.258 e. The maximum absolute atomic E-state index is 10.5. The molecule has 0 bridgehead atoms. The molecule has 0 atom stereocenters. The van der Waals surface area contributed by atoms with E-state index in [2.05, 4.69) is 25.1 Å². The second kappa shape index (κ2) is 5.69. The molecule has 0 spiro atoms. The quantitative estimate of drug-likeness (QED) is 0.469. The van der Waals surface area contributed by atoms with Crippen LogP contribution in [0.4, 0.5) is 5.69 Å². The standard InChI is InChI=1S/C14H13NO2S/c1-11-3-2-4-12(9-11)10-18-14-7-5-13(6-8-14)15(16)17/h2-9H,10H2,1H3. The summed E-state index contributed by atoms with van der Waals surface area (Å²) in [4.78, 5) is 11.2. The van der Waals surface area contributed by atoms with Crippen molar-refractivity contribution in [3.8, 4) is 0 Å². The third-order valence-corrected chi connectivity index (χ3v) is 3.62. The van der Waals surface area contributed by atoms with Crippen LogP contribution in [-0.4, -0.2) is 4.92 Å². The van der Waals surface area contributed by atoms with Gasteiger partial charge in [0.1, 0.15) is 0 Å². The molecule has 92 valence electrons. The van der Waals surface area contributed by atoms with E-state index in [1.54, 1.807) is 36.0 Å². The number of hydrogen-bond donors (Lipinski definition) is 0. The number of aryl methyl sites for hydroxylation is 1. The van der Waals surface area contributed by atoms with Crippen molar-refractivity contribution in [3.05, 3.63) is 69.8 Å². The fourth-order valence-electron chi connectivity index (χ4n) is 1.63. The molecular weight excluding hydrogens is 246 g/mol. The van der Waals surface area contributed by atoms with Gasteiger partial charge in [0.15, 0.2) is 0 Å². The van der Waals surface area contributed by atoms with Crippen molar-refractivity contribution in [3.63, 3.8) is 0 Å². The first-order valence-corrected chi connectivity index (χ1v) is 6.56. The molecule has 2 aromatic rings. The Morgan fingerprint density at radius 2 is 1.89 bits per heavy atom. The lowest BCUT2D eigenvalue weighted by Gasteiger charge is -2.03. The van der Waals surface area contributed by atoms with Crippen LogP contribution in [0.25, 0.3) is 0 Å². The summed E-state index contributed by atoms with van der Waals surface area (Å²) in [6, 6.07) is 15.0. The molecule has 3 nitrogen and oxygen atoms in total. The minimum absolute atomic E-state index is 0.134. The summed E-state index contributed by atoms with van der Waals surface area (Å²) in [6.07, 6.45) is 0. The molecule has 0 aliphatic heterocycles. The average Bonchev–Trinajstić information content (AvgIpc) is 2.37. The van der Waals surface area contributed by atoms with Crippen LogP contribution < -0.4 is 0 Å². The summed E-state index contributed by atoms with van der Waals surface area (Å²) < 4.78 is 0. The molecular formula is C14H13NO2S. The minimum atomic E-state index is -0.380. The Morgan fingerprint density at radius 1 is 1.17 bits per heavy atom. The second-order valence-corrected chi connectivity index (χ2v) is 5.08. The van der Waals surface area contributed by atoms with Gasteiger partial charge in [-0.1, -0.05) is 29.8 Å². The predicted molar refractivity (Wildman–Crippen MR) is 73.8 cm³/mol. The van der Waals surface area contributed by atoms with Crippen molar-refractivity contribution in [2.75, 3.05) is 0 Å². The van der Waals surface area contributed by atoms with Crippen molar-refractivity contribution >= 4 is 17.4 Å². The number of thioether (sulfide) groups is 1. The van der Waals surface area contributed by atoms with E-state index in [0.717, 1.165) is 10.6 Å². The van der Waals surface area contributed by atoms with Crippen LogP contribution in [0.15, 0.2) is 53.4 Å². The van der Waals surface area contributed by atoms with Gasteiger partial charge in [-0.15, -0.1) is 11.8 Å². The van der Waals surface area contributed by atoms with Crippen LogP contribution in [-0.2, 0) is 5.75 Å². The SMILES string of the molecule is Cc1cccc(CSc2ccc([N+](=O)[O-])cc2)c1. The van der Waals surface area contributed by atoms with Crippen LogP contribution in [0.2, 0.25) is 0 Å². The van der Waals surface area contributed by atoms with E-state index in [4.69, 9.17) is 0 Å². The third kappa shape index (κ3) is 3.34. The van der Waals surface area contributed by atoms with Gasteiger partial charge < -0.3 is 0 Å². The van der Waals surface area contributed by atoms with Gasteiger partial charge in [0.2, 0.25) is 0 Å². The molecule has 0 radical (unpaired) electrons. The molecule has 0 N–H and O–H groups in total. The lowest BCUT2D eigenvalue weighted by Crippen LogP contribution is -1.87. The van der Waals surface area contributed by atoms with Gasteiger partial charge in [0.25, 0.3) is 5.69 Å². The molecule has 0 aliphatic carbocycles. The number of non-ortho nitro benzene ring substituents is 1. The zero-order valence-electron chi connectivity index (χ0n) is 10.00. The maximum atomic E-state index is 10.5. The molecule has 18 heavy (non-hydrogen) atoms. The number of rotatable bonds is 4. The molecule has 0 fully saturated rings. The predicted octanol–water partition coefficient (Wildman–Crippen LogP) is 4.20. The zero-order chi connectivity index (χ0) is 13.0. The maximum Gasteiger partial charge on any atom is 0.269 e. The van der Waals surface area contributed by atoms with Crippen molar-refractivity contribution in [1.82, 2.24) is 0 Å². The molecule has 2 rings (SSSR count). The lowest BCUT2D eigenvalue weighted by atomic mass is 10.2. The molecule has 0 unspecified atom stereocenters. The molecule has 0 aliphatic rings. The number of benzene rings is 2. The Hall–Kier alpha value is -1.81. The van der Waals surface area contributed by atoms with E-state index in [0.29, 0.717) is 0 Å². The summed E-state index contributed by atoms with van der Waals surface area (Å²) in [7, 11) is 0. The van der Waals surface area contributed by atoms with Crippen LogP contribution in [0.3, 0.4) is 0 Å². The van der Waals surface area contributed by atoms with Crippen molar-refractivity contribution in [2.45, 2.75) is 17.6 Å². The van der Waals surface area contributed by atoms with Gasteiger partial charge in [-0.2, -0.15) is 0 Å². The van der Waals surface area contributed by atoms with E-state index in [1.165, 1.54) is 11.1 Å². The molecule has 0 amide bonds. The van der Waals surface area contributed by atoms with Crippen molar-refractivity contribution in [1.29, 1.82) is 0 Å². The summed E-state index contributed by atoms with van der Waals surface area (Å²) in [6.45, 7) is 2.07. The van der Waals surface area contributed by atoms with Gasteiger partial charge in [0, 0.05) is 22.8 Å². The molecule has 0 heterocycles. The molecule has 0 saturated carbocycles. The van der Waals surface area contributed by atoms with Crippen molar-refractivity contribution in [2.24, 2.45) is 0 Å². The van der Waals surface area contributed by atoms with E-state index < -0.39 is 0 Å². The highest BCUT2D eigenvalue weighted by Gasteiger charge is 2.04. The largest absolute Gasteiger partial charge is 0.269 e. The fraction of sp³-hybridized carbons (Fsp3) is 0.143. The molecule has 0 saturated heterocycles. The molecule has 0 aromatic heterocycles. The Kier molecular flexibility index (Phi) is 3.99. The summed E-state index contributed by atoms with van der Waals surface area (Å²) in [5, 5.41) is 10.5.